The predicted octanol–water partition coefficient (Wildman–Crippen LogP) is 8.94. The molecule has 0 aliphatic heterocycles. The van der Waals surface area contributed by atoms with Crippen molar-refractivity contribution < 1.29 is 32.9 Å². The van der Waals surface area contributed by atoms with Crippen molar-refractivity contribution in [3.63, 3.8) is 0 Å². The van der Waals surface area contributed by atoms with Crippen molar-refractivity contribution in [1.29, 1.82) is 0 Å². The Kier molecular flexibility index (Phi) is 29.9. The summed E-state index contributed by atoms with van der Waals surface area (Å²) in [7, 11) is 1.23. The van der Waals surface area contributed by atoms with Gasteiger partial charge in [0.05, 0.1) is 39.9 Å². The SMILES string of the molecule is CCC/C=C/CC/C=C/CC/C=C/C(O)C(COP(=O)([O-])OCC[N+](C)(C)C)NC(=O)CCCCCCCCCCCCCCCC. The number of phosphoric ester groups is 1. The van der Waals surface area contributed by atoms with E-state index in [1.807, 2.05) is 27.2 Å². The number of phosphoric acid groups is 1. The van der Waals surface area contributed by atoms with Gasteiger partial charge in [-0.15, -0.1) is 0 Å². The summed E-state index contributed by atoms with van der Waals surface area (Å²) >= 11 is 0. The van der Waals surface area contributed by atoms with E-state index < -0.39 is 26.6 Å². The zero-order valence-electron chi connectivity index (χ0n) is 31.0. The lowest BCUT2D eigenvalue weighted by Crippen LogP contribution is -2.45. The molecule has 0 aromatic heterocycles. The first-order valence-electron chi connectivity index (χ1n) is 18.9. The molecular formula is C38H73N2O6P. The number of nitrogens with one attached hydrogen (secondary N) is 1. The molecule has 0 aromatic carbocycles. The first-order valence-corrected chi connectivity index (χ1v) is 20.3. The van der Waals surface area contributed by atoms with E-state index in [4.69, 9.17) is 9.05 Å². The highest BCUT2D eigenvalue weighted by atomic mass is 31.2. The minimum Gasteiger partial charge on any atom is -0.756 e. The van der Waals surface area contributed by atoms with Crippen molar-refractivity contribution in [2.75, 3.05) is 40.9 Å². The van der Waals surface area contributed by atoms with Gasteiger partial charge in [0.1, 0.15) is 13.2 Å². The average molecular weight is 685 g/mol. The average Bonchev–Trinajstić information content (AvgIpc) is 3.01. The Labute approximate surface area is 289 Å². The van der Waals surface area contributed by atoms with Gasteiger partial charge >= 0.3 is 0 Å². The molecule has 8 nitrogen and oxygen atoms in total. The summed E-state index contributed by atoms with van der Waals surface area (Å²) in [4.78, 5) is 25.1. The molecule has 0 saturated carbocycles. The first-order chi connectivity index (χ1) is 22.5. The molecule has 0 spiro atoms. The van der Waals surface area contributed by atoms with Gasteiger partial charge in [0.15, 0.2) is 0 Å². The summed E-state index contributed by atoms with van der Waals surface area (Å²) in [6, 6.07) is -0.903. The van der Waals surface area contributed by atoms with Gasteiger partial charge in [0.2, 0.25) is 5.91 Å². The molecule has 9 heteroatoms. The van der Waals surface area contributed by atoms with Crippen molar-refractivity contribution >= 4 is 13.7 Å². The highest BCUT2D eigenvalue weighted by molar-refractivity contribution is 7.45. The number of allylic oxidation sites excluding steroid dienone is 5. The summed E-state index contributed by atoms with van der Waals surface area (Å²) in [6.07, 6.45) is 34.7. The molecule has 0 fully saturated rings. The second-order valence-corrected chi connectivity index (χ2v) is 15.3. The molecule has 0 aliphatic rings. The molecule has 3 atom stereocenters. The summed E-state index contributed by atoms with van der Waals surface area (Å²) in [6.45, 7) is 4.51. The molecular weight excluding hydrogens is 611 g/mol. The molecule has 0 aliphatic carbocycles. The summed E-state index contributed by atoms with van der Waals surface area (Å²) in [5, 5.41) is 13.6. The normalized spacial score (nSPS) is 15.1. The lowest BCUT2D eigenvalue weighted by Gasteiger charge is -2.29. The molecule has 1 amide bonds. The van der Waals surface area contributed by atoms with Gasteiger partial charge in [-0.25, -0.2) is 0 Å². The summed E-state index contributed by atoms with van der Waals surface area (Å²) in [5.74, 6) is -0.215. The third kappa shape index (κ3) is 33.0. The number of likely N-dealkylation sites (N-methyl/N-ethyl adjacent to an activating group) is 1. The van der Waals surface area contributed by atoms with E-state index in [0.717, 1.165) is 51.4 Å². The maximum absolute atomic E-state index is 12.7. The minimum atomic E-state index is -4.59. The maximum Gasteiger partial charge on any atom is 0.268 e. The fourth-order valence-corrected chi connectivity index (χ4v) is 5.74. The van der Waals surface area contributed by atoms with Gasteiger partial charge in [0, 0.05) is 6.42 Å². The van der Waals surface area contributed by atoms with E-state index in [2.05, 4.69) is 43.5 Å². The van der Waals surface area contributed by atoms with E-state index in [-0.39, 0.29) is 12.5 Å². The zero-order valence-corrected chi connectivity index (χ0v) is 31.9. The number of amides is 1. The summed E-state index contributed by atoms with van der Waals surface area (Å²) in [5.41, 5.74) is 0. The van der Waals surface area contributed by atoms with Crippen molar-refractivity contribution in [1.82, 2.24) is 5.32 Å². The second kappa shape index (κ2) is 30.8. The highest BCUT2D eigenvalue weighted by Crippen LogP contribution is 2.38. The number of aliphatic hydroxyl groups excluding tert-OH is 1. The molecule has 276 valence electrons. The number of unbranched alkanes of at least 4 members (excludes halogenated alkanes) is 16. The van der Waals surface area contributed by atoms with Crippen LogP contribution in [0, 0.1) is 0 Å². The van der Waals surface area contributed by atoms with E-state index >= 15 is 0 Å². The Balaban J connectivity index is 4.57. The Morgan fingerprint density at radius 1 is 0.723 bits per heavy atom. The van der Waals surface area contributed by atoms with Crippen molar-refractivity contribution in [3.8, 4) is 0 Å². The zero-order chi connectivity index (χ0) is 35.1. The smallest absolute Gasteiger partial charge is 0.268 e. The first kappa shape index (κ1) is 45.7. The van der Waals surface area contributed by atoms with E-state index in [1.165, 1.54) is 77.0 Å². The van der Waals surface area contributed by atoms with Crippen LogP contribution in [0.1, 0.15) is 149 Å². The predicted molar refractivity (Wildman–Crippen MR) is 196 cm³/mol. The number of aliphatic hydroxyl groups is 1. The number of hydrogen-bond donors (Lipinski definition) is 2. The lowest BCUT2D eigenvalue weighted by molar-refractivity contribution is -0.870. The molecule has 3 unspecified atom stereocenters. The van der Waals surface area contributed by atoms with Gasteiger partial charge < -0.3 is 28.8 Å². The minimum absolute atomic E-state index is 0.00850. The molecule has 2 N–H and O–H groups in total. The Bertz CT molecular complexity index is 871. The lowest BCUT2D eigenvalue weighted by atomic mass is 10.0. The second-order valence-electron chi connectivity index (χ2n) is 13.9. The number of hydrogen-bond acceptors (Lipinski definition) is 6. The highest BCUT2D eigenvalue weighted by Gasteiger charge is 2.23. The topological polar surface area (TPSA) is 108 Å². The van der Waals surface area contributed by atoms with Crippen molar-refractivity contribution in [2.45, 2.75) is 161 Å². The standard InChI is InChI=1S/C38H73N2O6P/c1-6-8-10-12-14-16-18-19-20-22-24-26-28-30-32-38(42)39-36(35-46-47(43,44)45-34-33-40(3,4)5)37(41)31-29-27-25-23-21-17-15-13-11-9-7-2/h11,13,21,23,29,31,36-37,41H,6-10,12,14-20,22,24-28,30,32-35H2,1-5H3,(H-,39,42,43,44)/b13-11+,23-21+,31-29+. The molecule has 0 aromatic rings. The fourth-order valence-electron chi connectivity index (χ4n) is 5.01. The third-order valence-electron chi connectivity index (χ3n) is 8.06. The Hall–Kier alpha value is -1.28. The van der Waals surface area contributed by atoms with Crippen LogP contribution in [0.3, 0.4) is 0 Å². The van der Waals surface area contributed by atoms with Crippen LogP contribution in [-0.4, -0.2) is 68.5 Å². The quantitative estimate of drug-likeness (QED) is 0.0309. The molecule has 47 heavy (non-hydrogen) atoms. The van der Waals surface area contributed by atoms with Crippen LogP contribution in [0.5, 0.6) is 0 Å². The molecule has 0 saturated heterocycles. The monoisotopic (exact) mass is 685 g/mol. The van der Waals surface area contributed by atoms with Gasteiger partial charge in [-0.2, -0.15) is 0 Å². The van der Waals surface area contributed by atoms with E-state index in [0.29, 0.717) is 17.4 Å². The van der Waals surface area contributed by atoms with Gasteiger partial charge in [-0.1, -0.05) is 140 Å². The van der Waals surface area contributed by atoms with Crippen molar-refractivity contribution in [2.24, 2.45) is 0 Å². The largest absolute Gasteiger partial charge is 0.756 e. The van der Waals surface area contributed by atoms with Crippen LogP contribution < -0.4 is 10.2 Å². The van der Waals surface area contributed by atoms with Crippen LogP contribution in [0.2, 0.25) is 0 Å². The fraction of sp³-hybridized carbons (Fsp3) is 0.816. The van der Waals surface area contributed by atoms with Gasteiger partial charge in [-0.3, -0.25) is 9.36 Å². The van der Waals surface area contributed by atoms with Crippen LogP contribution in [0.25, 0.3) is 0 Å². The van der Waals surface area contributed by atoms with E-state index in [9.17, 15) is 19.4 Å². The van der Waals surface area contributed by atoms with Crippen LogP contribution in [-0.2, 0) is 18.4 Å². The molecule has 0 heterocycles. The van der Waals surface area contributed by atoms with Crippen molar-refractivity contribution in [3.05, 3.63) is 36.5 Å². The number of quaternary nitrogens is 1. The van der Waals surface area contributed by atoms with E-state index in [1.54, 1.807) is 6.08 Å². The Morgan fingerprint density at radius 3 is 1.68 bits per heavy atom. The van der Waals surface area contributed by atoms with Gasteiger partial charge in [-0.05, 0) is 38.5 Å². The van der Waals surface area contributed by atoms with Gasteiger partial charge in [0.25, 0.3) is 7.82 Å². The third-order valence-corrected chi connectivity index (χ3v) is 9.03. The number of rotatable bonds is 33. The summed E-state index contributed by atoms with van der Waals surface area (Å²) < 4.78 is 23.0. The van der Waals surface area contributed by atoms with Crippen LogP contribution >= 0.6 is 7.82 Å². The number of carbonyl (C=O) groups excluding carboxylic acids is 1. The molecule has 0 rings (SSSR count). The molecule has 0 bridgehead atoms. The molecule has 0 radical (unpaired) electrons. The Morgan fingerprint density at radius 2 is 1.19 bits per heavy atom. The maximum atomic E-state index is 12.7. The van der Waals surface area contributed by atoms with Crippen LogP contribution in [0.4, 0.5) is 0 Å². The van der Waals surface area contributed by atoms with Crippen LogP contribution in [0.15, 0.2) is 36.5 Å². The number of carbonyl (C=O) groups is 1. The number of nitrogens with zero attached hydrogens (tertiary/aromatic N) is 1.